The first-order valence-electron chi connectivity index (χ1n) is 7.28. The van der Waals surface area contributed by atoms with Gasteiger partial charge < -0.3 is 10.6 Å². The fourth-order valence-corrected chi connectivity index (χ4v) is 2.49. The first kappa shape index (κ1) is 13.9. The van der Waals surface area contributed by atoms with Crippen LogP contribution in [0.2, 0.25) is 0 Å². The minimum atomic E-state index is -0.109. The molecule has 0 fully saturated rings. The summed E-state index contributed by atoms with van der Waals surface area (Å²) in [5.74, 6) is 0.0618. The predicted octanol–water partition coefficient (Wildman–Crippen LogP) is 3.35. The quantitative estimate of drug-likeness (QED) is 0.871. The van der Waals surface area contributed by atoms with Crippen LogP contribution in [-0.2, 0) is 6.42 Å². The Bertz CT molecular complexity index is 464. The first-order valence-corrected chi connectivity index (χ1v) is 7.28. The predicted molar refractivity (Wildman–Crippen MR) is 79.7 cm³/mol. The van der Waals surface area contributed by atoms with Crippen LogP contribution in [0.5, 0.6) is 0 Å². The molecule has 1 heterocycles. The smallest absolute Gasteiger partial charge is 0.252 e. The van der Waals surface area contributed by atoms with Crippen LogP contribution < -0.4 is 10.6 Å². The van der Waals surface area contributed by atoms with Gasteiger partial charge in [-0.2, -0.15) is 0 Å². The Morgan fingerprint density at radius 1 is 1.37 bits per heavy atom. The van der Waals surface area contributed by atoms with Gasteiger partial charge in [0.25, 0.3) is 5.91 Å². The number of amides is 1. The number of nitrogens with one attached hydrogen (secondary N) is 2. The van der Waals surface area contributed by atoms with E-state index in [9.17, 15) is 4.79 Å². The van der Waals surface area contributed by atoms with Crippen molar-refractivity contribution in [3.05, 3.63) is 29.3 Å². The minimum Gasteiger partial charge on any atom is -0.385 e. The van der Waals surface area contributed by atoms with Gasteiger partial charge in [0.05, 0.1) is 0 Å². The summed E-state index contributed by atoms with van der Waals surface area (Å²) in [4.78, 5) is 12.5. The molecule has 1 aliphatic rings. The molecule has 3 nitrogen and oxygen atoms in total. The van der Waals surface area contributed by atoms with Crippen molar-refractivity contribution >= 4 is 11.6 Å². The van der Waals surface area contributed by atoms with E-state index in [1.54, 1.807) is 0 Å². The molecule has 2 N–H and O–H groups in total. The lowest BCUT2D eigenvalue weighted by Crippen LogP contribution is -2.45. The molecule has 0 unspecified atom stereocenters. The average molecular weight is 260 g/mol. The third-order valence-electron chi connectivity index (χ3n) is 4.32. The van der Waals surface area contributed by atoms with Gasteiger partial charge in [-0.25, -0.2) is 0 Å². The molecule has 0 saturated heterocycles. The van der Waals surface area contributed by atoms with Crippen LogP contribution in [0.4, 0.5) is 5.69 Å². The summed E-state index contributed by atoms with van der Waals surface area (Å²) < 4.78 is 0. The second kappa shape index (κ2) is 5.64. The normalized spacial score (nSPS) is 14.5. The summed E-state index contributed by atoms with van der Waals surface area (Å²) in [7, 11) is 0. The minimum absolute atomic E-state index is 0.0618. The van der Waals surface area contributed by atoms with Gasteiger partial charge in [-0.3, -0.25) is 4.79 Å². The molecular formula is C16H24N2O. The molecule has 1 aliphatic heterocycles. The monoisotopic (exact) mass is 260 g/mol. The fourth-order valence-electron chi connectivity index (χ4n) is 2.49. The van der Waals surface area contributed by atoms with Crippen molar-refractivity contribution < 1.29 is 4.79 Å². The van der Waals surface area contributed by atoms with Gasteiger partial charge in [-0.1, -0.05) is 19.9 Å². The zero-order chi connectivity index (χ0) is 13.9. The molecule has 0 saturated carbocycles. The number of carbonyl (C=O) groups is 1. The summed E-state index contributed by atoms with van der Waals surface area (Å²) in [6.07, 6.45) is 3.97. The van der Waals surface area contributed by atoms with E-state index in [1.165, 1.54) is 5.56 Å². The Labute approximate surface area is 115 Å². The van der Waals surface area contributed by atoms with Gasteiger partial charge in [0.2, 0.25) is 0 Å². The van der Waals surface area contributed by atoms with E-state index < -0.39 is 0 Å². The van der Waals surface area contributed by atoms with Crippen molar-refractivity contribution in [3.63, 3.8) is 0 Å². The van der Waals surface area contributed by atoms with E-state index in [-0.39, 0.29) is 11.4 Å². The van der Waals surface area contributed by atoms with E-state index in [0.29, 0.717) is 0 Å². The highest BCUT2D eigenvalue weighted by atomic mass is 16.1. The molecule has 0 bridgehead atoms. The SMILES string of the molecule is CCC(C)(CC)NC(=O)c1cccc2c1CCCN2. The summed E-state index contributed by atoms with van der Waals surface area (Å²) in [6, 6.07) is 5.96. The molecule has 0 atom stereocenters. The summed E-state index contributed by atoms with van der Waals surface area (Å²) in [5.41, 5.74) is 3.01. The summed E-state index contributed by atoms with van der Waals surface area (Å²) >= 11 is 0. The zero-order valence-corrected chi connectivity index (χ0v) is 12.2. The highest BCUT2D eigenvalue weighted by Crippen LogP contribution is 2.26. The van der Waals surface area contributed by atoms with Crippen LogP contribution in [0.15, 0.2) is 18.2 Å². The fraction of sp³-hybridized carbons (Fsp3) is 0.562. The average Bonchev–Trinajstić information content (AvgIpc) is 2.46. The summed E-state index contributed by atoms with van der Waals surface area (Å²) in [5, 5.41) is 6.56. The third kappa shape index (κ3) is 2.91. The van der Waals surface area contributed by atoms with Crippen LogP contribution >= 0.6 is 0 Å². The van der Waals surface area contributed by atoms with Gasteiger partial charge in [-0.05, 0) is 50.3 Å². The van der Waals surface area contributed by atoms with Crippen molar-refractivity contribution in [2.75, 3.05) is 11.9 Å². The van der Waals surface area contributed by atoms with Gasteiger partial charge in [0.15, 0.2) is 0 Å². The van der Waals surface area contributed by atoms with E-state index in [1.807, 2.05) is 12.1 Å². The summed E-state index contributed by atoms with van der Waals surface area (Å²) in [6.45, 7) is 7.34. The lowest BCUT2D eigenvalue weighted by molar-refractivity contribution is 0.0900. The maximum Gasteiger partial charge on any atom is 0.252 e. The molecular weight excluding hydrogens is 236 g/mol. The molecule has 104 valence electrons. The molecule has 1 aromatic carbocycles. The van der Waals surface area contributed by atoms with Crippen molar-refractivity contribution in [2.45, 2.75) is 52.0 Å². The Morgan fingerprint density at radius 2 is 2.11 bits per heavy atom. The highest BCUT2D eigenvalue weighted by Gasteiger charge is 2.25. The maximum absolute atomic E-state index is 12.5. The number of fused-ring (bicyclic) bond motifs is 1. The Hall–Kier alpha value is -1.51. The molecule has 3 heteroatoms. The molecule has 1 amide bonds. The first-order chi connectivity index (χ1) is 9.09. The van der Waals surface area contributed by atoms with Crippen molar-refractivity contribution in [1.82, 2.24) is 5.32 Å². The topological polar surface area (TPSA) is 41.1 Å². The van der Waals surface area contributed by atoms with Crippen LogP contribution in [0, 0.1) is 0 Å². The van der Waals surface area contributed by atoms with Gasteiger partial charge in [0.1, 0.15) is 0 Å². The van der Waals surface area contributed by atoms with Crippen molar-refractivity contribution in [2.24, 2.45) is 0 Å². The highest BCUT2D eigenvalue weighted by molar-refractivity contribution is 5.97. The molecule has 0 radical (unpaired) electrons. The van der Waals surface area contributed by atoms with E-state index in [0.717, 1.165) is 43.5 Å². The van der Waals surface area contributed by atoms with Crippen LogP contribution in [0.3, 0.4) is 0 Å². The van der Waals surface area contributed by atoms with Gasteiger partial charge in [0, 0.05) is 23.3 Å². The largest absolute Gasteiger partial charge is 0.385 e. The number of carbonyl (C=O) groups excluding carboxylic acids is 1. The van der Waals surface area contributed by atoms with Crippen molar-refractivity contribution in [3.8, 4) is 0 Å². The molecule has 19 heavy (non-hydrogen) atoms. The Morgan fingerprint density at radius 3 is 2.79 bits per heavy atom. The van der Waals surface area contributed by atoms with Gasteiger partial charge in [-0.15, -0.1) is 0 Å². The van der Waals surface area contributed by atoms with Crippen LogP contribution in [-0.4, -0.2) is 18.0 Å². The van der Waals surface area contributed by atoms with Crippen LogP contribution in [0.25, 0.3) is 0 Å². The zero-order valence-electron chi connectivity index (χ0n) is 12.2. The number of rotatable bonds is 4. The maximum atomic E-state index is 12.5. The number of anilines is 1. The lowest BCUT2D eigenvalue weighted by Gasteiger charge is -2.29. The number of hydrogen-bond acceptors (Lipinski definition) is 2. The van der Waals surface area contributed by atoms with E-state index in [2.05, 4.69) is 37.5 Å². The molecule has 1 aromatic rings. The number of benzene rings is 1. The molecule has 2 rings (SSSR count). The number of hydrogen-bond donors (Lipinski definition) is 2. The third-order valence-corrected chi connectivity index (χ3v) is 4.32. The van der Waals surface area contributed by atoms with Crippen LogP contribution in [0.1, 0.15) is 56.0 Å². The van der Waals surface area contributed by atoms with E-state index >= 15 is 0 Å². The second-order valence-electron chi connectivity index (χ2n) is 5.58. The molecule has 0 aliphatic carbocycles. The van der Waals surface area contributed by atoms with Crippen molar-refractivity contribution in [1.29, 1.82) is 0 Å². The Balaban J connectivity index is 2.25. The van der Waals surface area contributed by atoms with Gasteiger partial charge >= 0.3 is 0 Å². The lowest BCUT2D eigenvalue weighted by atomic mass is 9.93. The molecule has 0 spiro atoms. The van der Waals surface area contributed by atoms with E-state index in [4.69, 9.17) is 0 Å². The standard InChI is InChI=1S/C16H24N2O/c1-4-16(3,5-2)18-15(19)13-8-6-10-14-12(13)9-7-11-17-14/h6,8,10,17H,4-5,7,9,11H2,1-3H3,(H,18,19). The molecule has 0 aromatic heterocycles. The Kier molecular flexibility index (Phi) is 4.13. The second-order valence-corrected chi connectivity index (χ2v) is 5.58.